The van der Waals surface area contributed by atoms with Crippen LogP contribution in [0.15, 0.2) is 5.16 Å². The molecule has 0 aliphatic heterocycles. The molecule has 0 bridgehead atoms. The molecule has 0 aromatic rings. The molecule has 1 radical (unpaired) electrons. The van der Waals surface area contributed by atoms with Crippen molar-refractivity contribution in [3.05, 3.63) is 0 Å². The van der Waals surface area contributed by atoms with Gasteiger partial charge in [-0.2, -0.15) is 0 Å². The molecule has 1 fully saturated rings. The maximum Gasteiger partial charge on any atom is 0.0624 e. The molecule has 0 heterocycles. The first-order valence-corrected chi connectivity index (χ1v) is 2.61. The molecule has 0 aromatic carbocycles. The molecule has 0 unspecified atom stereocenters. The van der Waals surface area contributed by atoms with E-state index in [1.165, 1.54) is 12.8 Å². The van der Waals surface area contributed by atoms with Crippen molar-refractivity contribution in [1.82, 2.24) is 0 Å². The normalized spacial score (nSPS) is 20.3. The van der Waals surface area contributed by atoms with Crippen LogP contribution < -0.4 is 0 Å². The van der Waals surface area contributed by atoms with Gasteiger partial charge < -0.3 is 0 Å². The van der Waals surface area contributed by atoms with Crippen LogP contribution >= 0.6 is 0 Å². The highest BCUT2D eigenvalue weighted by molar-refractivity contribution is 5.85. The van der Waals surface area contributed by atoms with Crippen LogP contribution in [0.3, 0.4) is 0 Å². The van der Waals surface area contributed by atoms with Gasteiger partial charge >= 0.3 is 0 Å². The van der Waals surface area contributed by atoms with Crippen LogP contribution in [0.2, 0.25) is 0 Å². The summed E-state index contributed by atoms with van der Waals surface area (Å²) in [5.41, 5.74) is 0.861. The molecule has 0 saturated heterocycles. The van der Waals surface area contributed by atoms with E-state index in [4.69, 9.17) is 0 Å². The molecule has 0 atom stereocenters. The molecule has 0 aromatic heterocycles. The van der Waals surface area contributed by atoms with Gasteiger partial charge in [0.25, 0.3) is 0 Å². The molecule has 1 rings (SSSR count). The van der Waals surface area contributed by atoms with Gasteiger partial charge in [-0.15, -0.1) is 5.21 Å². The Balaban J connectivity index is 2.41. The first kappa shape index (κ1) is 4.62. The van der Waals surface area contributed by atoms with Crippen molar-refractivity contribution in [1.29, 1.82) is 0 Å². The third-order valence-electron chi connectivity index (χ3n) is 1.31. The van der Waals surface area contributed by atoms with E-state index in [-0.39, 0.29) is 0 Å². The monoisotopic (exact) mass is 98.1 g/mol. The summed E-state index contributed by atoms with van der Waals surface area (Å²) in [6.07, 6.45) is 4.23. The molecule has 2 heteroatoms. The molecular formula is C5H8NO. The predicted octanol–water partition coefficient (Wildman–Crippen LogP) is 1.35. The fourth-order valence-corrected chi connectivity index (χ4v) is 0.874. The molecule has 0 N–H and O–H groups in total. The molecule has 39 valence electrons. The summed E-state index contributed by atoms with van der Waals surface area (Å²) in [7, 11) is 0. The molecule has 0 amide bonds. The maximum atomic E-state index is 9.72. The van der Waals surface area contributed by atoms with Crippen molar-refractivity contribution in [2.24, 2.45) is 5.16 Å². The van der Waals surface area contributed by atoms with E-state index in [0.29, 0.717) is 0 Å². The number of rotatable bonds is 0. The minimum absolute atomic E-state index is 0.861. The lowest BCUT2D eigenvalue weighted by atomic mass is 10.3. The Labute approximate surface area is 42.8 Å². The average Bonchev–Trinajstić information content (AvgIpc) is 2.14. The first-order valence-electron chi connectivity index (χ1n) is 2.61. The lowest BCUT2D eigenvalue weighted by molar-refractivity contribution is 0.208. The van der Waals surface area contributed by atoms with Gasteiger partial charge in [0.15, 0.2) is 0 Å². The Morgan fingerprint density at radius 2 is 1.86 bits per heavy atom. The van der Waals surface area contributed by atoms with Crippen molar-refractivity contribution in [2.45, 2.75) is 25.7 Å². The maximum absolute atomic E-state index is 9.72. The van der Waals surface area contributed by atoms with Gasteiger partial charge in [0.1, 0.15) is 0 Å². The number of hydrogen-bond donors (Lipinski definition) is 0. The minimum Gasteiger partial charge on any atom is -0.145 e. The van der Waals surface area contributed by atoms with E-state index in [9.17, 15) is 5.21 Å². The summed E-state index contributed by atoms with van der Waals surface area (Å²) in [5, 5.41) is 12.6. The fraction of sp³-hybridized carbons (Fsp3) is 0.800. The largest absolute Gasteiger partial charge is 0.145 e. The highest BCUT2D eigenvalue weighted by Crippen LogP contribution is 2.13. The molecule has 1 aliphatic carbocycles. The highest BCUT2D eigenvalue weighted by Gasteiger charge is 2.07. The van der Waals surface area contributed by atoms with Gasteiger partial charge in [-0.3, -0.25) is 0 Å². The molecule has 7 heavy (non-hydrogen) atoms. The van der Waals surface area contributed by atoms with Crippen LogP contribution in [0.5, 0.6) is 0 Å². The van der Waals surface area contributed by atoms with Crippen LogP contribution in [-0.4, -0.2) is 5.71 Å². The Morgan fingerprint density at radius 1 is 1.29 bits per heavy atom. The molecule has 2 nitrogen and oxygen atoms in total. The highest BCUT2D eigenvalue weighted by atomic mass is 16.4. The van der Waals surface area contributed by atoms with E-state index in [1.54, 1.807) is 0 Å². The van der Waals surface area contributed by atoms with Gasteiger partial charge in [-0.1, -0.05) is 0 Å². The lowest BCUT2D eigenvalue weighted by Crippen LogP contribution is -1.84. The van der Waals surface area contributed by atoms with Gasteiger partial charge in [0, 0.05) is 0 Å². The molecular weight excluding hydrogens is 90.1 g/mol. The summed E-state index contributed by atoms with van der Waals surface area (Å²) in [5.74, 6) is 0. The number of nitrogens with zero attached hydrogens (tertiary/aromatic N) is 1. The Bertz CT molecular complexity index is 80.1. The van der Waals surface area contributed by atoms with Crippen LogP contribution in [0.1, 0.15) is 25.7 Å². The van der Waals surface area contributed by atoms with Gasteiger partial charge in [-0.25, -0.2) is 0 Å². The summed E-state index contributed by atoms with van der Waals surface area (Å²) in [6, 6.07) is 0. The van der Waals surface area contributed by atoms with Crippen molar-refractivity contribution in [3.63, 3.8) is 0 Å². The second-order valence-electron chi connectivity index (χ2n) is 1.86. The zero-order chi connectivity index (χ0) is 5.11. The summed E-state index contributed by atoms with van der Waals surface area (Å²) < 4.78 is 0. The molecule has 1 saturated carbocycles. The van der Waals surface area contributed by atoms with Crippen LogP contribution in [0.4, 0.5) is 0 Å². The van der Waals surface area contributed by atoms with E-state index in [0.717, 1.165) is 18.6 Å². The van der Waals surface area contributed by atoms with Crippen molar-refractivity contribution >= 4 is 5.71 Å². The van der Waals surface area contributed by atoms with Crippen LogP contribution in [0.25, 0.3) is 0 Å². The van der Waals surface area contributed by atoms with Gasteiger partial charge in [0.2, 0.25) is 0 Å². The molecule has 0 spiro atoms. The fourth-order valence-electron chi connectivity index (χ4n) is 0.874. The lowest BCUT2D eigenvalue weighted by Gasteiger charge is -1.79. The average molecular weight is 98.1 g/mol. The van der Waals surface area contributed by atoms with E-state index in [2.05, 4.69) is 5.16 Å². The SMILES string of the molecule is [O]N=C1CCCC1. The Hall–Kier alpha value is -0.530. The van der Waals surface area contributed by atoms with E-state index < -0.39 is 0 Å². The summed E-state index contributed by atoms with van der Waals surface area (Å²) >= 11 is 0. The second-order valence-corrected chi connectivity index (χ2v) is 1.86. The third kappa shape index (κ3) is 0.918. The zero-order valence-electron chi connectivity index (χ0n) is 4.18. The number of hydrogen-bond acceptors (Lipinski definition) is 1. The standard InChI is InChI=1S/C5H8NO/c7-6-5-3-1-2-4-5/h1-4H2. The summed E-state index contributed by atoms with van der Waals surface area (Å²) in [6.45, 7) is 0. The first-order chi connectivity index (χ1) is 3.43. The third-order valence-corrected chi connectivity index (χ3v) is 1.31. The van der Waals surface area contributed by atoms with E-state index >= 15 is 0 Å². The smallest absolute Gasteiger partial charge is 0.0624 e. The van der Waals surface area contributed by atoms with E-state index in [1.807, 2.05) is 0 Å². The quantitative estimate of drug-likeness (QED) is 0.410. The summed E-state index contributed by atoms with van der Waals surface area (Å²) in [4.78, 5) is 0. The molecule has 1 aliphatic rings. The topological polar surface area (TPSA) is 32.3 Å². The van der Waals surface area contributed by atoms with Crippen molar-refractivity contribution < 1.29 is 5.21 Å². The van der Waals surface area contributed by atoms with Crippen molar-refractivity contribution in [3.8, 4) is 0 Å². The minimum atomic E-state index is 0.861. The van der Waals surface area contributed by atoms with Gasteiger partial charge in [0.05, 0.1) is 5.71 Å². The second kappa shape index (κ2) is 1.96. The van der Waals surface area contributed by atoms with Crippen LogP contribution in [-0.2, 0) is 5.21 Å². The predicted molar refractivity (Wildman–Crippen MR) is 26.6 cm³/mol. The van der Waals surface area contributed by atoms with Gasteiger partial charge in [-0.05, 0) is 30.8 Å². The zero-order valence-corrected chi connectivity index (χ0v) is 4.18. The van der Waals surface area contributed by atoms with Crippen molar-refractivity contribution in [2.75, 3.05) is 0 Å². The van der Waals surface area contributed by atoms with Crippen LogP contribution in [0, 0.1) is 0 Å². The Kier molecular flexibility index (Phi) is 1.29. The Morgan fingerprint density at radius 3 is 2.14 bits per heavy atom.